The maximum Gasteiger partial charge on any atom is 0.0635 e. The van der Waals surface area contributed by atoms with Gasteiger partial charge < -0.3 is 10.0 Å². The zero-order valence-electron chi connectivity index (χ0n) is 7.25. The quantitative estimate of drug-likeness (QED) is 0.634. The molecule has 0 aliphatic heterocycles. The monoisotopic (exact) mass is 156 g/mol. The Morgan fingerprint density at radius 2 is 2.18 bits per heavy atom. The molecule has 0 saturated carbocycles. The van der Waals surface area contributed by atoms with Gasteiger partial charge in [-0.1, -0.05) is 0 Å². The van der Waals surface area contributed by atoms with Gasteiger partial charge in [-0.25, -0.2) is 0 Å². The number of aliphatic hydroxyl groups is 1. The van der Waals surface area contributed by atoms with Crippen LogP contribution < -0.4 is 0 Å². The summed E-state index contributed by atoms with van der Waals surface area (Å²) in [6, 6.07) is 2.08. The van der Waals surface area contributed by atoms with Crippen LogP contribution in [0.3, 0.4) is 0 Å². The first kappa shape index (κ1) is 10.4. The predicted octanol–water partition coefficient (Wildman–Crippen LogP) is 0.603. The van der Waals surface area contributed by atoms with Crippen molar-refractivity contribution in [1.29, 1.82) is 5.26 Å². The van der Waals surface area contributed by atoms with Crippen molar-refractivity contribution in [3.8, 4) is 6.07 Å². The fraction of sp³-hybridized carbons (Fsp3) is 0.875. The molecule has 0 aromatic heterocycles. The number of nitrogens with zero attached hydrogens (tertiary/aromatic N) is 2. The van der Waals surface area contributed by atoms with E-state index in [9.17, 15) is 0 Å². The van der Waals surface area contributed by atoms with Crippen molar-refractivity contribution in [3.05, 3.63) is 0 Å². The summed E-state index contributed by atoms with van der Waals surface area (Å²) in [7, 11) is 1.96. The Morgan fingerprint density at radius 3 is 2.64 bits per heavy atom. The highest BCUT2D eigenvalue weighted by atomic mass is 16.3. The second kappa shape index (κ2) is 6.14. The van der Waals surface area contributed by atoms with E-state index in [1.54, 1.807) is 6.92 Å². The zero-order chi connectivity index (χ0) is 8.69. The van der Waals surface area contributed by atoms with Crippen molar-refractivity contribution in [1.82, 2.24) is 4.90 Å². The van der Waals surface area contributed by atoms with Crippen molar-refractivity contribution >= 4 is 0 Å². The molecular formula is C8H16N2O. The van der Waals surface area contributed by atoms with Crippen molar-refractivity contribution in [2.75, 3.05) is 20.1 Å². The molecule has 0 aliphatic rings. The Kier molecular flexibility index (Phi) is 5.81. The van der Waals surface area contributed by atoms with E-state index in [1.807, 2.05) is 7.05 Å². The van der Waals surface area contributed by atoms with Crippen LogP contribution in [0.1, 0.15) is 19.8 Å². The molecule has 0 aromatic carbocycles. The minimum atomic E-state index is -0.237. The number of aliphatic hydroxyl groups excluding tert-OH is 1. The highest BCUT2D eigenvalue weighted by Gasteiger charge is 1.99. The van der Waals surface area contributed by atoms with E-state index in [-0.39, 0.29) is 6.10 Å². The Morgan fingerprint density at radius 1 is 1.55 bits per heavy atom. The Hall–Kier alpha value is -0.590. The number of rotatable bonds is 5. The van der Waals surface area contributed by atoms with Crippen LogP contribution in [0.25, 0.3) is 0 Å². The van der Waals surface area contributed by atoms with Crippen molar-refractivity contribution in [2.24, 2.45) is 0 Å². The highest BCUT2D eigenvalue weighted by Crippen LogP contribution is 1.93. The van der Waals surface area contributed by atoms with Crippen LogP contribution in [0.15, 0.2) is 0 Å². The fourth-order valence-corrected chi connectivity index (χ4v) is 0.760. The first-order valence-electron chi connectivity index (χ1n) is 3.90. The molecule has 0 fully saturated rings. The summed E-state index contributed by atoms with van der Waals surface area (Å²) in [5, 5.41) is 17.2. The van der Waals surface area contributed by atoms with Gasteiger partial charge in [0.25, 0.3) is 0 Å². The van der Waals surface area contributed by atoms with E-state index in [0.29, 0.717) is 6.42 Å². The van der Waals surface area contributed by atoms with Crippen LogP contribution in [0.2, 0.25) is 0 Å². The topological polar surface area (TPSA) is 47.3 Å². The maximum absolute atomic E-state index is 8.93. The second-order valence-corrected chi connectivity index (χ2v) is 2.85. The Bertz CT molecular complexity index is 129. The largest absolute Gasteiger partial charge is 0.393 e. The molecular weight excluding hydrogens is 140 g/mol. The molecule has 0 amide bonds. The van der Waals surface area contributed by atoms with Crippen LogP contribution in [0.4, 0.5) is 0 Å². The second-order valence-electron chi connectivity index (χ2n) is 2.85. The van der Waals surface area contributed by atoms with Crippen molar-refractivity contribution < 1.29 is 5.11 Å². The van der Waals surface area contributed by atoms with Crippen molar-refractivity contribution in [2.45, 2.75) is 25.9 Å². The van der Waals surface area contributed by atoms with Gasteiger partial charge in [0.2, 0.25) is 0 Å². The fourth-order valence-electron chi connectivity index (χ4n) is 0.760. The zero-order valence-corrected chi connectivity index (χ0v) is 7.25. The van der Waals surface area contributed by atoms with Gasteiger partial charge in [0, 0.05) is 19.5 Å². The molecule has 0 aromatic rings. The molecule has 11 heavy (non-hydrogen) atoms. The van der Waals surface area contributed by atoms with Gasteiger partial charge in [-0.15, -0.1) is 0 Å². The predicted molar refractivity (Wildman–Crippen MR) is 44.0 cm³/mol. The van der Waals surface area contributed by atoms with Crippen LogP contribution in [-0.2, 0) is 0 Å². The average molecular weight is 156 g/mol. The van der Waals surface area contributed by atoms with Crippen molar-refractivity contribution in [3.63, 3.8) is 0 Å². The summed E-state index contributed by atoms with van der Waals surface area (Å²) in [6.45, 7) is 3.43. The molecule has 0 spiro atoms. The minimum Gasteiger partial charge on any atom is -0.393 e. The van der Waals surface area contributed by atoms with E-state index in [1.165, 1.54) is 0 Å². The summed E-state index contributed by atoms with van der Waals surface area (Å²) < 4.78 is 0. The van der Waals surface area contributed by atoms with E-state index in [2.05, 4.69) is 11.0 Å². The minimum absolute atomic E-state index is 0.237. The summed E-state index contributed by atoms with van der Waals surface area (Å²) in [6.07, 6.45) is 1.11. The molecule has 0 radical (unpaired) electrons. The van der Waals surface area contributed by atoms with Gasteiger partial charge in [-0.2, -0.15) is 5.26 Å². The molecule has 0 rings (SSSR count). The molecule has 64 valence electrons. The number of hydrogen-bond donors (Lipinski definition) is 1. The molecule has 0 bridgehead atoms. The summed E-state index contributed by atoms with van der Waals surface area (Å²) in [5.41, 5.74) is 0. The van der Waals surface area contributed by atoms with Gasteiger partial charge in [0.15, 0.2) is 0 Å². The highest BCUT2D eigenvalue weighted by molar-refractivity contribution is 4.70. The molecule has 1 N–H and O–H groups in total. The van der Waals surface area contributed by atoms with Gasteiger partial charge in [0.05, 0.1) is 12.2 Å². The third kappa shape index (κ3) is 7.31. The first-order chi connectivity index (χ1) is 5.16. The lowest BCUT2D eigenvalue weighted by Gasteiger charge is -2.15. The lowest BCUT2D eigenvalue weighted by Crippen LogP contribution is -2.23. The molecule has 3 heteroatoms. The number of nitriles is 1. The third-order valence-corrected chi connectivity index (χ3v) is 1.53. The van der Waals surface area contributed by atoms with Crippen LogP contribution in [-0.4, -0.2) is 36.2 Å². The Labute approximate surface area is 68.2 Å². The first-order valence-corrected chi connectivity index (χ1v) is 3.90. The summed E-state index contributed by atoms with van der Waals surface area (Å²) >= 11 is 0. The lowest BCUT2D eigenvalue weighted by molar-refractivity contribution is 0.165. The van der Waals surface area contributed by atoms with Crippen LogP contribution in [0, 0.1) is 11.3 Å². The van der Waals surface area contributed by atoms with Crippen LogP contribution >= 0.6 is 0 Å². The molecule has 1 unspecified atom stereocenters. The van der Waals surface area contributed by atoms with Gasteiger partial charge in [-0.3, -0.25) is 0 Å². The maximum atomic E-state index is 8.93. The smallest absolute Gasteiger partial charge is 0.0635 e. The Balaban J connectivity index is 3.23. The van der Waals surface area contributed by atoms with Crippen LogP contribution in [0.5, 0.6) is 0 Å². The third-order valence-electron chi connectivity index (χ3n) is 1.53. The molecule has 0 saturated heterocycles. The lowest BCUT2D eigenvalue weighted by atomic mass is 10.3. The number of hydrogen-bond acceptors (Lipinski definition) is 3. The normalized spacial score (nSPS) is 13.0. The standard InChI is InChI=1S/C8H16N2O/c1-8(11)4-7-10(2)6-3-5-9/h8,11H,3-4,6-7H2,1-2H3. The molecule has 0 heterocycles. The van der Waals surface area contributed by atoms with E-state index in [4.69, 9.17) is 10.4 Å². The van der Waals surface area contributed by atoms with E-state index >= 15 is 0 Å². The van der Waals surface area contributed by atoms with Gasteiger partial charge in [0.1, 0.15) is 0 Å². The summed E-state index contributed by atoms with van der Waals surface area (Å²) in [5.74, 6) is 0. The van der Waals surface area contributed by atoms with Gasteiger partial charge >= 0.3 is 0 Å². The van der Waals surface area contributed by atoms with E-state index in [0.717, 1.165) is 19.5 Å². The summed E-state index contributed by atoms with van der Waals surface area (Å²) in [4.78, 5) is 2.05. The van der Waals surface area contributed by atoms with E-state index < -0.39 is 0 Å². The molecule has 1 atom stereocenters. The van der Waals surface area contributed by atoms with Gasteiger partial charge in [-0.05, 0) is 20.4 Å². The molecule has 0 aliphatic carbocycles. The molecule has 3 nitrogen and oxygen atoms in total. The SMILES string of the molecule is CC(O)CCN(C)CCC#N. The average Bonchev–Trinajstić information content (AvgIpc) is 1.97.